The van der Waals surface area contributed by atoms with Crippen molar-refractivity contribution in [1.29, 1.82) is 0 Å². The van der Waals surface area contributed by atoms with E-state index < -0.39 is 12.7 Å². The maximum absolute atomic E-state index is 12.4. The van der Waals surface area contributed by atoms with Crippen LogP contribution in [0.1, 0.15) is 33.1 Å². The van der Waals surface area contributed by atoms with Crippen molar-refractivity contribution in [2.45, 2.75) is 44.9 Å². The van der Waals surface area contributed by atoms with Crippen molar-refractivity contribution in [3.8, 4) is 0 Å². The van der Waals surface area contributed by atoms with Crippen molar-refractivity contribution < 1.29 is 17.9 Å². The van der Waals surface area contributed by atoms with Crippen LogP contribution in [0.4, 0.5) is 13.2 Å². The summed E-state index contributed by atoms with van der Waals surface area (Å²) in [6, 6.07) is 0. The molecule has 0 amide bonds. The molecule has 2 aliphatic heterocycles. The van der Waals surface area contributed by atoms with E-state index in [9.17, 15) is 13.2 Å². The van der Waals surface area contributed by atoms with E-state index in [-0.39, 0.29) is 11.5 Å². The number of likely N-dealkylation sites (tertiary alicyclic amines) is 1. The highest BCUT2D eigenvalue weighted by molar-refractivity contribution is 5.79. The molecule has 0 aromatic heterocycles. The summed E-state index contributed by atoms with van der Waals surface area (Å²) in [6.45, 7) is 6.99. The minimum absolute atomic E-state index is 0.195. The smallest absolute Gasteiger partial charge is 0.373 e. The molecule has 2 fully saturated rings. The first-order valence-corrected chi connectivity index (χ1v) is 8.75. The lowest BCUT2D eigenvalue weighted by atomic mass is 10.0. The summed E-state index contributed by atoms with van der Waals surface area (Å²) in [5, 5.41) is 6.45. The Morgan fingerprint density at radius 1 is 1.38 bits per heavy atom. The molecular weight excluding hydrogens is 321 g/mol. The SMILES string of the molecule is CCNC(=NCC1(C)CCCO1)NCC1CCN(CC(F)(F)F)C1. The van der Waals surface area contributed by atoms with Crippen LogP contribution in [0, 0.1) is 5.92 Å². The number of rotatable bonds is 6. The molecule has 0 spiro atoms. The second kappa shape index (κ2) is 8.38. The predicted molar refractivity (Wildman–Crippen MR) is 88.2 cm³/mol. The van der Waals surface area contributed by atoms with Crippen LogP contribution < -0.4 is 10.6 Å². The second-order valence-electron chi connectivity index (χ2n) is 6.98. The lowest BCUT2D eigenvalue weighted by Crippen LogP contribution is -2.42. The first kappa shape index (κ1) is 19.3. The number of halogens is 3. The Bertz CT molecular complexity index is 422. The van der Waals surface area contributed by atoms with Gasteiger partial charge in [0.15, 0.2) is 5.96 Å². The topological polar surface area (TPSA) is 48.9 Å². The van der Waals surface area contributed by atoms with Gasteiger partial charge in [0.05, 0.1) is 18.7 Å². The van der Waals surface area contributed by atoms with Gasteiger partial charge in [-0.1, -0.05) is 0 Å². The van der Waals surface area contributed by atoms with E-state index in [0.29, 0.717) is 32.1 Å². The molecule has 0 aliphatic carbocycles. The number of aliphatic imine (C=N–C) groups is 1. The van der Waals surface area contributed by atoms with Gasteiger partial charge >= 0.3 is 6.18 Å². The van der Waals surface area contributed by atoms with Crippen LogP contribution in [0.25, 0.3) is 0 Å². The molecule has 2 heterocycles. The molecule has 24 heavy (non-hydrogen) atoms. The second-order valence-corrected chi connectivity index (χ2v) is 6.98. The minimum Gasteiger partial charge on any atom is -0.373 e. The van der Waals surface area contributed by atoms with Crippen LogP contribution in [0.2, 0.25) is 0 Å². The van der Waals surface area contributed by atoms with Crippen molar-refractivity contribution in [3.63, 3.8) is 0 Å². The number of guanidine groups is 1. The van der Waals surface area contributed by atoms with E-state index in [1.807, 2.05) is 6.92 Å². The highest BCUT2D eigenvalue weighted by atomic mass is 19.4. The summed E-state index contributed by atoms with van der Waals surface area (Å²) in [5.41, 5.74) is -0.195. The fourth-order valence-electron chi connectivity index (χ4n) is 3.27. The maximum atomic E-state index is 12.4. The number of hydrogen-bond donors (Lipinski definition) is 2. The van der Waals surface area contributed by atoms with Gasteiger partial charge in [0.1, 0.15) is 0 Å². The molecule has 0 aromatic carbocycles. The maximum Gasteiger partial charge on any atom is 0.401 e. The van der Waals surface area contributed by atoms with Gasteiger partial charge in [-0.15, -0.1) is 0 Å². The van der Waals surface area contributed by atoms with Crippen molar-refractivity contribution >= 4 is 5.96 Å². The zero-order chi connectivity index (χ0) is 17.6. The Labute approximate surface area is 142 Å². The number of alkyl halides is 3. The number of ether oxygens (including phenoxy) is 1. The van der Waals surface area contributed by atoms with Gasteiger partial charge in [-0.05, 0) is 45.6 Å². The van der Waals surface area contributed by atoms with Crippen molar-refractivity contribution in [3.05, 3.63) is 0 Å². The molecular formula is C16H29F3N4O. The van der Waals surface area contributed by atoms with Crippen molar-refractivity contribution in [2.75, 3.05) is 45.9 Å². The molecule has 2 saturated heterocycles. The minimum atomic E-state index is -4.12. The fraction of sp³-hybridized carbons (Fsp3) is 0.938. The lowest BCUT2D eigenvalue weighted by Gasteiger charge is -2.22. The summed E-state index contributed by atoms with van der Waals surface area (Å²) >= 11 is 0. The van der Waals surface area contributed by atoms with Crippen LogP contribution in [-0.2, 0) is 4.74 Å². The third kappa shape index (κ3) is 6.47. The summed E-state index contributed by atoms with van der Waals surface area (Å²) in [6.07, 6.45) is -1.27. The normalized spacial score (nSPS) is 29.2. The molecule has 0 saturated carbocycles. The average Bonchev–Trinajstić information content (AvgIpc) is 3.10. The van der Waals surface area contributed by atoms with Crippen LogP contribution in [0.15, 0.2) is 4.99 Å². The Morgan fingerprint density at radius 2 is 2.17 bits per heavy atom. The molecule has 140 valence electrons. The van der Waals surface area contributed by atoms with E-state index >= 15 is 0 Å². The fourth-order valence-corrected chi connectivity index (χ4v) is 3.27. The molecule has 2 atom stereocenters. The van der Waals surface area contributed by atoms with Gasteiger partial charge in [-0.2, -0.15) is 13.2 Å². The van der Waals surface area contributed by atoms with Crippen molar-refractivity contribution in [1.82, 2.24) is 15.5 Å². The van der Waals surface area contributed by atoms with E-state index in [1.54, 1.807) is 0 Å². The zero-order valence-electron chi connectivity index (χ0n) is 14.6. The first-order valence-electron chi connectivity index (χ1n) is 8.75. The van der Waals surface area contributed by atoms with Crippen LogP contribution >= 0.6 is 0 Å². The van der Waals surface area contributed by atoms with Crippen LogP contribution in [-0.4, -0.2) is 68.5 Å². The Kier molecular flexibility index (Phi) is 6.74. The first-order chi connectivity index (χ1) is 11.3. The van der Waals surface area contributed by atoms with E-state index in [2.05, 4.69) is 22.5 Å². The molecule has 8 heteroatoms. The molecule has 5 nitrogen and oxygen atoms in total. The van der Waals surface area contributed by atoms with Gasteiger partial charge in [-0.3, -0.25) is 9.89 Å². The average molecular weight is 350 g/mol. The molecule has 0 radical (unpaired) electrons. The van der Waals surface area contributed by atoms with E-state index in [4.69, 9.17) is 4.74 Å². The molecule has 2 aliphatic rings. The van der Waals surface area contributed by atoms with Gasteiger partial charge in [-0.25, -0.2) is 0 Å². The Morgan fingerprint density at radius 3 is 2.79 bits per heavy atom. The number of nitrogens with one attached hydrogen (secondary N) is 2. The standard InChI is InChI=1S/C16H29F3N4O/c1-3-20-14(22-11-15(2)6-4-8-24-15)21-9-13-5-7-23(10-13)12-16(17,18)19/h13H,3-12H2,1-2H3,(H2,20,21,22). The highest BCUT2D eigenvalue weighted by Crippen LogP contribution is 2.25. The Balaban J connectivity index is 1.77. The lowest BCUT2D eigenvalue weighted by molar-refractivity contribution is -0.143. The third-order valence-corrected chi connectivity index (χ3v) is 4.55. The monoisotopic (exact) mass is 350 g/mol. The quantitative estimate of drug-likeness (QED) is 0.568. The predicted octanol–water partition coefficient (Wildman–Crippen LogP) is 1.99. The van der Waals surface area contributed by atoms with Gasteiger partial charge in [0.25, 0.3) is 0 Å². The van der Waals surface area contributed by atoms with E-state index in [0.717, 1.165) is 32.4 Å². The summed E-state index contributed by atoms with van der Waals surface area (Å²) in [5.74, 6) is 0.929. The number of nitrogens with zero attached hydrogens (tertiary/aromatic N) is 2. The van der Waals surface area contributed by atoms with Crippen molar-refractivity contribution in [2.24, 2.45) is 10.9 Å². The van der Waals surface area contributed by atoms with Gasteiger partial charge in [0.2, 0.25) is 0 Å². The third-order valence-electron chi connectivity index (χ3n) is 4.55. The van der Waals surface area contributed by atoms with Crippen LogP contribution in [0.3, 0.4) is 0 Å². The Hall–Kier alpha value is -1.02. The number of hydrogen-bond acceptors (Lipinski definition) is 3. The highest BCUT2D eigenvalue weighted by Gasteiger charge is 2.34. The largest absolute Gasteiger partial charge is 0.401 e. The zero-order valence-corrected chi connectivity index (χ0v) is 14.6. The molecule has 2 N–H and O–H groups in total. The van der Waals surface area contributed by atoms with Gasteiger partial charge < -0.3 is 15.4 Å². The molecule has 0 aromatic rings. The van der Waals surface area contributed by atoms with Gasteiger partial charge in [0, 0.05) is 26.2 Å². The molecule has 2 unspecified atom stereocenters. The molecule has 0 bridgehead atoms. The summed E-state index contributed by atoms with van der Waals surface area (Å²) in [7, 11) is 0. The molecule has 2 rings (SSSR count). The summed E-state index contributed by atoms with van der Waals surface area (Å²) < 4.78 is 43.0. The van der Waals surface area contributed by atoms with E-state index in [1.165, 1.54) is 4.90 Å². The van der Waals surface area contributed by atoms with Crippen LogP contribution in [0.5, 0.6) is 0 Å². The summed E-state index contributed by atoms with van der Waals surface area (Å²) in [4.78, 5) is 6.06.